The van der Waals surface area contributed by atoms with Gasteiger partial charge in [-0.3, -0.25) is 9.69 Å². The van der Waals surface area contributed by atoms with E-state index in [0.29, 0.717) is 12.0 Å². The van der Waals surface area contributed by atoms with E-state index in [9.17, 15) is 4.79 Å². The molecule has 1 N–H and O–H groups in total. The Morgan fingerprint density at radius 2 is 2.00 bits per heavy atom. The van der Waals surface area contributed by atoms with E-state index < -0.39 is 5.97 Å². The molecule has 1 fully saturated rings. The molecule has 1 atom stereocenters. The molecule has 0 radical (unpaired) electrons. The van der Waals surface area contributed by atoms with Crippen LogP contribution >= 0.6 is 0 Å². The third-order valence-electron chi connectivity index (χ3n) is 2.69. The Bertz CT molecular complexity index is 185. The van der Waals surface area contributed by atoms with Crippen LogP contribution in [0, 0.1) is 11.8 Å². The minimum Gasteiger partial charge on any atom is -0.481 e. The van der Waals surface area contributed by atoms with Gasteiger partial charge in [0.2, 0.25) is 0 Å². The van der Waals surface area contributed by atoms with Crippen LogP contribution in [0.25, 0.3) is 0 Å². The number of hydrogen-bond donors (Lipinski definition) is 1. The number of carboxylic acids is 1. The highest BCUT2D eigenvalue weighted by atomic mass is 16.4. The summed E-state index contributed by atoms with van der Waals surface area (Å²) in [6.07, 6.45) is 1.16. The first-order chi connectivity index (χ1) is 6.00. The summed E-state index contributed by atoms with van der Waals surface area (Å²) >= 11 is 0. The van der Waals surface area contributed by atoms with Crippen LogP contribution < -0.4 is 0 Å². The highest BCUT2D eigenvalue weighted by molar-refractivity contribution is 5.71. The average Bonchev–Trinajstić information content (AvgIpc) is 1.79. The molecule has 0 bridgehead atoms. The van der Waals surface area contributed by atoms with Gasteiger partial charge in [-0.1, -0.05) is 13.8 Å². The van der Waals surface area contributed by atoms with Gasteiger partial charge >= 0.3 is 5.97 Å². The molecule has 1 unspecified atom stereocenters. The summed E-state index contributed by atoms with van der Waals surface area (Å²) in [5.74, 6) is -0.0681. The summed E-state index contributed by atoms with van der Waals surface area (Å²) in [4.78, 5) is 12.8. The van der Waals surface area contributed by atoms with Crippen molar-refractivity contribution in [3.05, 3.63) is 0 Å². The van der Waals surface area contributed by atoms with Crippen LogP contribution in [0.15, 0.2) is 0 Å². The number of nitrogens with zero attached hydrogens (tertiary/aromatic N) is 1. The van der Waals surface area contributed by atoms with Crippen molar-refractivity contribution in [1.29, 1.82) is 0 Å². The molecule has 1 rings (SSSR count). The second-order valence-corrected chi connectivity index (χ2v) is 4.47. The Balaban J connectivity index is 2.23. The zero-order valence-electron chi connectivity index (χ0n) is 8.66. The highest BCUT2D eigenvalue weighted by Gasteiger charge is 2.34. The van der Waals surface area contributed by atoms with Gasteiger partial charge in [-0.15, -0.1) is 0 Å². The van der Waals surface area contributed by atoms with Gasteiger partial charge in [-0.2, -0.15) is 0 Å². The maximum atomic E-state index is 10.5. The molecule has 3 nitrogen and oxygen atoms in total. The normalized spacial score (nSPS) is 21.5. The smallest absolute Gasteiger partial charge is 0.309 e. The molecule has 0 aromatic carbocycles. The largest absolute Gasteiger partial charge is 0.481 e. The van der Waals surface area contributed by atoms with E-state index in [1.807, 2.05) is 0 Å². The number of carboxylic acid groups (broad SMARTS) is 1. The standard InChI is InChI=1S/C10H19NO2/c1-7(2)4-8(3)11-5-9(6-11)10(12)13/h7-9H,4-6H2,1-3H3,(H,12,13). The lowest BCUT2D eigenvalue weighted by atomic mass is 9.95. The molecule has 0 aromatic heterocycles. The summed E-state index contributed by atoms with van der Waals surface area (Å²) in [7, 11) is 0. The number of rotatable bonds is 4. The average molecular weight is 185 g/mol. The molecule has 0 amide bonds. The van der Waals surface area contributed by atoms with E-state index in [1.165, 1.54) is 0 Å². The van der Waals surface area contributed by atoms with Gasteiger partial charge in [0.25, 0.3) is 0 Å². The predicted molar refractivity (Wildman–Crippen MR) is 51.6 cm³/mol. The maximum absolute atomic E-state index is 10.5. The molecule has 1 aliphatic heterocycles. The van der Waals surface area contributed by atoms with E-state index >= 15 is 0 Å². The molecule has 0 aromatic rings. The summed E-state index contributed by atoms with van der Waals surface area (Å²) in [5.41, 5.74) is 0. The van der Waals surface area contributed by atoms with Crippen molar-refractivity contribution in [3.8, 4) is 0 Å². The van der Waals surface area contributed by atoms with Gasteiger partial charge < -0.3 is 5.11 Å². The second-order valence-electron chi connectivity index (χ2n) is 4.47. The Morgan fingerprint density at radius 3 is 2.38 bits per heavy atom. The van der Waals surface area contributed by atoms with Crippen LogP contribution in [0.1, 0.15) is 27.2 Å². The minimum absolute atomic E-state index is 0.116. The lowest BCUT2D eigenvalue weighted by Gasteiger charge is -2.41. The van der Waals surface area contributed by atoms with E-state index in [0.717, 1.165) is 19.5 Å². The monoisotopic (exact) mass is 185 g/mol. The van der Waals surface area contributed by atoms with Crippen LogP contribution in [-0.2, 0) is 4.79 Å². The Kier molecular flexibility index (Phi) is 3.31. The fourth-order valence-electron chi connectivity index (χ4n) is 1.86. The lowest BCUT2D eigenvalue weighted by Crippen LogP contribution is -2.54. The van der Waals surface area contributed by atoms with Crippen molar-refractivity contribution in [2.45, 2.75) is 33.2 Å². The molecule has 13 heavy (non-hydrogen) atoms. The van der Waals surface area contributed by atoms with Gasteiger partial charge in [0.1, 0.15) is 0 Å². The minimum atomic E-state index is -0.645. The van der Waals surface area contributed by atoms with Gasteiger partial charge in [-0.05, 0) is 19.3 Å². The first kappa shape index (κ1) is 10.5. The van der Waals surface area contributed by atoms with Crippen LogP contribution in [0.2, 0.25) is 0 Å². The number of aliphatic carboxylic acids is 1. The van der Waals surface area contributed by atoms with Crippen molar-refractivity contribution in [2.24, 2.45) is 11.8 Å². The fourth-order valence-corrected chi connectivity index (χ4v) is 1.86. The number of likely N-dealkylation sites (tertiary alicyclic amines) is 1. The maximum Gasteiger partial charge on any atom is 0.309 e. The quantitative estimate of drug-likeness (QED) is 0.720. The van der Waals surface area contributed by atoms with E-state index in [4.69, 9.17) is 5.11 Å². The van der Waals surface area contributed by atoms with Crippen LogP contribution in [0.4, 0.5) is 0 Å². The molecule has 1 saturated heterocycles. The van der Waals surface area contributed by atoms with Gasteiger partial charge in [0.15, 0.2) is 0 Å². The molecule has 1 aliphatic rings. The zero-order chi connectivity index (χ0) is 10.0. The summed E-state index contributed by atoms with van der Waals surface area (Å²) < 4.78 is 0. The predicted octanol–water partition coefficient (Wildman–Crippen LogP) is 1.44. The topological polar surface area (TPSA) is 40.5 Å². The van der Waals surface area contributed by atoms with Crippen LogP contribution in [-0.4, -0.2) is 35.1 Å². The van der Waals surface area contributed by atoms with Crippen molar-refractivity contribution < 1.29 is 9.90 Å². The van der Waals surface area contributed by atoms with E-state index in [2.05, 4.69) is 25.7 Å². The van der Waals surface area contributed by atoms with Crippen molar-refractivity contribution in [1.82, 2.24) is 4.90 Å². The molecule has 0 spiro atoms. The summed E-state index contributed by atoms with van der Waals surface area (Å²) in [5, 5.41) is 8.69. The first-order valence-electron chi connectivity index (χ1n) is 4.97. The van der Waals surface area contributed by atoms with Gasteiger partial charge in [0.05, 0.1) is 5.92 Å². The molecular weight excluding hydrogens is 166 g/mol. The summed E-state index contributed by atoms with van der Waals surface area (Å²) in [6.45, 7) is 8.06. The van der Waals surface area contributed by atoms with Crippen molar-refractivity contribution in [2.75, 3.05) is 13.1 Å². The molecule has 0 aliphatic carbocycles. The van der Waals surface area contributed by atoms with Crippen LogP contribution in [0.3, 0.4) is 0 Å². The third-order valence-corrected chi connectivity index (χ3v) is 2.69. The molecule has 3 heteroatoms. The highest BCUT2D eigenvalue weighted by Crippen LogP contribution is 2.22. The first-order valence-corrected chi connectivity index (χ1v) is 4.97. The SMILES string of the molecule is CC(C)CC(C)N1CC(C(=O)O)C1. The molecule has 0 saturated carbocycles. The molecule has 76 valence electrons. The molecular formula is C10H19NO2. The third kappa shape index (κ3) is 2.69. The Labute approximate surface area is 79.7 Å². The number of carbonyl (C=O) groups is 1. The van der Waals surface area contributed by atoms with Crippen molar-refractivity contribution in [3.63, 3.8) is 0 Å². The zero-order valence-corrected chi connectivity index (χ0v) is 8.66. The van der Waals surface area contributed by atoms with E-state index in [1.54, 1.807) is 0 Å². The summed E-state index contributed by atoms with van der Waals surface area (Å²) in [6, 6.07) is 0.538. The van der Waals surface area contributed by atoms with Gasteiger partial charge in [-0.25, -0.2) is 0 Å². The van der Waals surface area contributed by atoms with E-state index in [-0.39, 0.29) is 5.92 Å². The Hall–Kier alpha value is -0.570. The number of hydrogen-bond acceptors (Lipinski definition) is 2. The van der Waals surface area contributed by atoms with Crippen LogP contribution in [0.5, 0.6) is 0 Å². The van der Waals surface area contributed by atoms with Crippen molar-refractivity contribution >= 4 is 5.97 Å². The van der Waals surface area contributed by atoms with Gasteiger partial charge in [0, 0.05) is 19.1 Å². The Morgan fingerprint density at radius 1 is 1.46 bits per heavy atom. The fraction of sp³-hybridized carbons (Fsp3) is 0.900. The molecule has 1 heterocycles. The second kappa shape index (κ2) is 4.09. The lowest BCUT2D eigenvalue weighted by molar-refractivity contribution is -0.148.